The number of carbonyl (C=O) groups is 2. The Morgan fingerprint density at radius 1 is 1.09 bits per heavy atom. The number of para-hydroxylation sites is 1. The summed E-state index contributed by atoms with van der Waals surface area (Å²) in [5, 5.41) is 9.34. The van der Waals surface area contributed by atoms with E-state index in [9.17, 15) is 32.7 Å². The predicted molar refractivity (Wildman–Crippen MR) is 119 cm³/mol. The number of ether oxygens (including phenoxy) is 1. The molecule has 2 aromatic carbocycles. The summed E-state index contributed by atoms with van der Waals surface area (Å²) in [5.41, 5.74) is -1.14. The number of benzene rings is 2. The number of anilines is 1. The lowest BCUT2D eigenvalue weighted by molar-refractivity contribution is -0.137. The first-order valence-electron chi connectivity index (χ1n) is 9.92. The number of phenolic OH excluding ortho intramolecular Hbond substituents is 1. The van der Waals surface area contributed by atoms with Crippen molar-refractivity contribution < 1.29 is 32.6 Å². The van der Waals surface area contributed by atoms with Crippen LogP contribution in [-0.2, 0) is 15.8 Å². The highest BCUT2D eigenvalue weighted by Gasteiger charge is 2.57. The molecule has 0 bridgehead atoms. The minimum absolute atomic E-state index is 0.118. The number of phenols is 1. The molecule has 1 fully saturated rings. The number of aromatic hydroxyl groups is 1. The van der Waals surface area contributed by atoms with Crippen LogP contribution < -0.4 is 14.5 Å². The average Bonchev–Trinajstić information content (AvgIpc) is 3.28. The zero-order chi connectivity index (χ0) is 24.4. The van der Waals surface area contributed by atoms with Crippen molar-refractivity contribution in [2.24, 2.45) is 5.92 Å². The van der Waals surface area contributed by atoms with Crippen LogP contribution in [0.5, 0.6) is 11.5 Å². The number of hydrogen-bond acceptors (Lipinski definition) is 7. The molecular formula is C22H15F3N2O5S2. The van der Waals surface area contributed by atoms with Gasteiger partial charge in [0.2, 0.25) is 11.8 Å². The van der Waals surface area contributed by atoms with Gasteiger partial charge in [-0.05, 0) is 29.8 Å². The highest BCUT2D eigenvalue weighted by atomic mass is 32.2. The Bertz CT molecular complexity index is 1380. The van der Waals surface area contributed by atoms with E-state index in [1.165, 1.54) is 37.4 Å². The lowest BCUT2D eigenvalue weighted by Crippen LogP contribution is -2.33. The zero-order valence-corrected chi connectivity index (χ0v) is 18.9. The molecule has 3 atom stereocenters. The molecule has 0 aliphatic carbocycles. The molecule has 0 saturated carbocycles. The number of thiazole rings is 1. The SMILES string of the molecule is COc1cc([C@H]2c3sc(=O)[nH]c3SC3C(=O)N(c4ccccc4C(F)(F)F)C(=O)C32)ccc1O. The lowest BCUT2D eigenvalue weighted by atomic mass is 9.83. The summed E-state index contributed by atoms with van der Waals surface area (Å²) in [6.07, 6.45) is -4.77. The maximum atomic E-state index is 13.7. The van der Waals surface area contributed by atoms with Gasteiger partial charge in [-0.1, -0.05) is 41.3 Å². The van der Waals surface area contributed by atoms with Crippen molar-refractivity contribution in [3.8, 4) is 11.5 Å². The Kier molecular flexibility index (Phi) is 5.24. The Morgan fingerprint density at radius 3 is 2.53 bits per heavy atom. The molecule has 3 aromatic rings. The maximum absolute atomic E-state index is 13.7. The second-order valence-corrected chi connectivity index (χ2v) is 9.87. The molecule has 2 aliphatic rings. The third kappa shape index (κ3) is 3.40. The Hall–Kier alpha value is -3.25. The van der Waals surface area contributed by atoms with Crippen LogP contribution in [0.25, 0.3) is 0 Å². The van der Waals surface area contributed by atoms with Crippen molar-refractivity contribution in [1.82, 2.24) is 4.98 Å². The summed E-state index contributed by atoms with van der Waals surface area (Å²) in [4.78, 5) is 42.5. The monoisotopic (exact) mass is 508 g/mol. The third-order valence-corrected chi connectivity index (χ3v) is 8.24. The van der Waals surface area contributed by atoms with Gasteiger partial charge in [-0.2, -0.15) is 13.2 Å². The van der Waals surface area contributed by atoms with Gasteiger partial charge < -0.3 is 14.8 Å². The number of halogens is 3. The maximum Gasteiger partial charge on any atom is 0.418 e. The highest BCUT2D eigenvalue weighted by molar-refractivity contribution is 8.00. The Labute approximate surface area is 198 Å². The Balaban J connectivity index is 1.67. The van der Waals surface area contributed by atoms with E-state index in [1.54, 1.807) is 0 Å². The van der Waals surface area contributed by atoms with Crippen molar-refractivity contribution in [2.75, 3.05) is 12.0 Å². The average molecular weight is 508 g/mol. The molecule has 3 heterocycles. The number of methoxy groups -OCH3 is 1. The van der Waals surface area contributed by atoms with Crippen LogP contribution in [-0.4, -0.2) is 34.3 Å². The molecule has 2 N–H and O–H groups in total. The molecule has 34 heavy (non-hydrogen) atoms. The van der Waals surface area contributed by atoms with Gasteiger partial charge in [-0.25, -0.2) is 4.90 Å². The number of alkyl halides is 3. The van der Waals surface area contributed by atoms with Crippen molar-refractivity contribution in [3.63, 3.8) is 0 Å². The number of aromatic amines is 1. The second kappa shape index (κ2) is 7.91. The smallest absolute Gasteiger partial charge is 0.418 e. The minimum atomic E-state index is -4.77. The number of amides is 2. The molecule has 2 unspecified atom stereocenters. The number of nitrogens with zero attached hydrogens (tertiary/aromatic N) is 1. The molecule has 1 aromatic heterocycles. The van der Waals surface area contributed by atoms with Crippen LogP contribution >= 0.6 is 23.1 Å². The number of imide groups is 1. The van der Waals surface area contributed by atoms with E-state index < -0.39 is 46.3 Å². The molecule has 1 saturated heterocycles. The molecule has 12 heteroatoms. The van der Waals surface area contributed by atoms with Gasteiger partial charge in [0.05, 0.1) is 29.3 Å². The summed E-state index contributed by atoms with van der Waals surface area (Å²) in [6, 6.07) is 8.82. The van der Waals surface area contributed by atoms with Gasteiger partial charge in [0, 0.05) is 10.8 Å². The van der Waals surface area contributed by atoms with E-state index in [0.29, 0.717) is 20.4 Å². The van der Waals surface area contributed by atoms with E-state index in [1.807, 2.05) is 0 Å². The van der Waals surface area contributed by atoms with Crippen LogP contribution in [0.3, 0.4) is 0 Å². The van der Waals surface area contributed by atoms with Crippen LogP contribution in [0.4, 0.5) is 18.9 Å². The van der Waals surface area contributed by atoms with Crippen LogP contribution in [0.15, 0.2) is 52.3 Å². The predicted octanol–water partition coefficient (Wildman–Crippen LogP) is 3.97. The zero-order valence-electron chi connectivity index (χ0n) is 17.3. The van der Waals surface area contributed by atoms with Gasteiger partial charge in [0.15, 0.2) is 11.5 Å². The van der Waals surface area contributed by atoms with E-state index >= 15 is 0 Å². The minimum Gasteiger partial charge on any atom is -0.504 e. The van der Waals surface area contributed by atoms with Gasteiger partial charge in [-0.3, -0.25) is 14.4 Å². The number of hydrogen-bond donors (Lipinski definition) is 2. The quantitative estimate of drug-likeness (QED) is 0.520. The van der Waals surface area contributed by atoms with Crippen LogP contribution in [0.1, 0.15) is 21.9 Å². The summed E-state index contributed by atoms with van der Waals surface area (Å²) >= 11 is 1.83. The summed E-state index contributed by atoms with van der Waals surface area (Å²) in [5.74, 6) is -3.48. The van der Waals surface area contributed by atoms with Crippen LogP contribution in [0.2, 0.25) is 0 Å². The first-order chi connectivity index (χ1) is 16.1. The van der Waals surface area contributed by atoms with Gasteiger partial charge >= 0.3 is 11.0 Å². The van der Waals surface area contributed by atoms with Crippen LogP contribution in [0, 0.1) is 5.92 Å². The number of nitrogens with one attached hydrogen (secondary N) is 1. The molecule has 0 radical (unpaired) electrons. The molecule has 7 nitrogen and oxygen atoms in total. The molecule has 5 rings (SSSR count). The molecule has 176 valence electrons. The summed E-state index contributed by atoms with van der Waals surface area (Å²) in [6.45, 7) is 0. The largest absolute Gasteiger partial charge is 0.504 e. The molecule has 2 aliphatic heterocycles. The molecule has 0 spiro atoms. The summed E-state index contributed by atoms with van der Waals surface area (Å²) < 4.78 is 46.2. The number of carbonyl (C=O) groups excluding carboxylic acids is 2. The van der Waals surface area contributed by atoms with Crippen molar-refractivity contribution in [2.45, 2.75) is 22.4 Å². The van der Waals surface area contributed by atoms with E-state index in [-0.39, 0.29) is 16.4 Å². The first-order valence-corrected chi connectivity index (χ1v) is 11.6. The number of H-pyrrole nitrogens is 1. The lowest BCUT2D eigenvalue weighted by Gasteiger charge is -2.30. The fourth-order valence-electron chi connectivity index (χ4n) is 4.41. The second-order valence-electron chi connectivity index (χ2n) is 7.71. The summed E-state index contributed by atoms with van der Waals surface area (Å²) in [7, 11) is 1.35. The van der Waals surface area contributed by atoms with Gasteiger partial charge in [0.25, 0.3) is 0 Å². The molecular weight excluding hydrogens is 493 g/mol. The number of thioether (sulfide) groups is 1. The van der Waals surface area contributed by atoms with Crippen molar-refractivity contribution >= 4 is 40.6 Å². The number of fused-ring (bicyclic) bond motifs is 2. The van der Waals surface area contributed by atoms with Gasteiger partial charge in [0.1, 0.15) is 5.25 Å². The number of rotatable bonds is 3. The first kappa shape index (κ1) is 22.5. The fraction of sp³-hybridized carbons (Fsp3) is 0.227. The number of aromatic nitrogens is 1. The fourth-order valence-corrected chi connectivity index (χ4v) is 6.92. The highest BCUT2D eigenvalue weighted by Crippen LogP contribution is 2.54. The van der Waals surface area contributed by atoms with E-state index in [2.05, 4.69) is 4.98 Å². The topological polar surface area (TPSA) is 99.7 Å². The standard InChI is InChI=1S/C22H15F3N2O5S2/c1-32-13-8-9(6-7-12(13)28)14-15-17(33-18-16(14)34-21(31)26-18)20(30)27(19(15)29)11-5-3-2-4-10(11)22(23,24)25/h2-8,14-15,17,28H,1H3,(H,26,31)/t14-,15?,17?/m1/s1. The van der Waals surface area contributed by atoms with Crippen molar-refractivity contribution in [3.05, 3.63) is 68.1 Å². The molecule has 2 amide bonds. The Morgan fingerprint density at radius 2 is 1.82 bits per heavy atom. The van der Waals surface area contributed by atoms with Crippen molar-refractivity contribution in [1.29, 1.82) is 0 Å². The van der Waals surface area contributed by atoms with E-state index in [4.69, 9.17) is 4.74 Å². The normalized spacial score (nSPS) is 22.0. The third-order valence-electron chi connectivity index (χ3n) is 5.84. The van der Waals surface area contributed by atoms with E-state index in [0.717, 1.165) is 35.2 Å². The van der Waals surface area contributed by atoms with Gasteiger partial charge in [-0.15, -0.1) is 0 Å².